The Hall–Kier alpha value is -6.44. The minimum atomic E-state index is -0.0631. The Balaban J connectivity index is 1.01. The zero-order valence-electron chi connectivity index (χ0n) is 33.1. The second kappa shape index (κ2) is 15.0. The highest BCUT2D eigenvalue weighted by Crippen LogP contribution is 2.36. The lowest BCUT2D eigenvalue weighted by Gasteiger charge is -2.26. The van der Waals surface area contributed by atoms with E-state index in [1.54, 1.807) is 0 Å². The van der Waals surface area contributed by atoms with Crippen LogP contribution < -0.4 is 4.57 Å². The zero-order valence-corrected chi connectivity index (χ0v) is 33.1. The molecule has 1 heteroatoms. The van der Waals surface area contributed by atoms with E-state index in [9.17, 15) is 0 Å². The molecule has 8 rings (SSSR count). The summed E-state index contributed by atoms with van der Waals surface area (Å²) in [5, 5.41) is 0. The van der Waals surface area contributed by atoms with Crippen molar-refractivity contribution in [1.29, 1.82) is 0 Å². The Bertz CT molecular complexity index is 2620. The molecule has 0 bridgehead atoms. The third-order valence-corrected chi connectivity index (χ3v) is 11.3. The van der Waals surface area contributed by atoms with Gasteiger partial charge < -0.3 is 4.57 Å². The molecule has 8 aromatic rings. The van der Waals surface area contributed by atoms with Gasteiger partial charge in [-0.15, -0.1) is 0 Å². The summed E-state index contributed by atoms with van der Waals surface area (Å²) in [6.07, 6.45) is 2.06. The van der Waals surface area contributed by atoms with E-state index in [2.05, 4.69) is 236 Å². The van der Waals surface area contributed by atoms with E-state index in [0.717, 1.165) is 11.3 Å². The summed E-state index contributed by atoms with van der Waals surface area (Å²) in [7, 11) is 4.26. The van der Waals surface area contributed by atoms with E-state index in [4.69, 9.17) is 0 Å². The van der Waals surface area contributed by atoms with Gasteiger partial charge in [0.25, 0.3) is 0 Å². The maximum atomic E-state index is 4.26. The van der Waals surface area contributed by atoms with Crippen molar-refractivity contribution in [2.24, 2.45) is 0 Å². The van der Waals surface area contributed by atoms with Crippen LogP contribution in [-0.2, 0) is 10.8 Å². The molecule has 56 heavy (non-hydrogen) atoms. The highest BCUT2D eigenvalue weighted by molar-refractivity contribution is 5.80. The molecule has 0 N–H and O–H groups in total. The van der Waals surface area contributed by atoms with Crippen LogP contribution in [0.4, 0.5) is 0 Å². The van der Waals surface area contributed by atoms with Crippen molar-refractivity contribution >= 4 is 0 Å². The maximum Gasteiger partial charge on any atom is 0.112 e. The molecule has 0 unspecified atom stereocenters. The number of pyridine rings is 1. The highest BCUT2D eigenvalue weighted by atomic mass is 14.9. The van der Waals surface area contributed by atoms with Crippen molar-refractivity contribution in [3.8, 4) is 66.9 Å². The van der Waals surface area contributed by atoms with E-state index in [0.29, 0.717) is 0 Å². The molecule has 0 aliphatic heterocycles. The molecule has 0 radical (unpaired) electrons. The Kier molecular flexibility index (Phi) is 9.79. The predicted octanol–water partition coefficient (Wildman–Crippen LogP) is 14.2. The van der Waals surface area contributed by atoms with Crippen LogP contribution in [0.15, 0.2) is 194 Å². The molecule has 0 saturated carbocycles. The summed E-state index contributed by atoms with van der Waals surface area (Å²) in [5.41, 5.74) is 18.2. The van der Waals surface area contributed by atoms with Gasteiger partial charge in [0, 0.05) is 12.5 Å². The molecule has 0 saturated heterocycles. The third-order valence-electron chi connectivity index (χ3n) is 11.3. The third kappa shape index (κ3) is 7.59. The van der Waals surface area contributed by atoms with Gasteiger partial charge >= 0.3 is 0 Å². The van der Waals surface area contributed by atoms with Gasteiger partial charge in [-0.1, -0.05) is 204 Å². The number of aromatic nitrogens is 1. The van der Waals surface area contributed by atoms with Gasteiger partial charge in [-0.05, 0) is 102 Å². The van der Waals surface area contributed by atoms with Crippen molar-refractivity contribution in [2.45, 2.75) is 45.4 Å². The van der Waals surface area contributed by atoms with Crippen LogP contribution in [0.25, 0.3) is 66.9 Å². The van der Waals surface area contributed by atoms with Gasteiger partial charge in [-0.3, -0.25) is 0 Å². The van der Waals surface area contributed by atoms with Crippen molar-refractivity contribution in [3.63, 3.8) is 0 Å². The Morgan fingerprint density at radius 3 is 1.11 bits per heavy atom. The van der Waals surface area contributed by atoms with Crippen molar-refractivity contribution in [1.82, 2.24) is 0 Å². The predicted molar refractivity (Wildman–Crippen MR) is 237 cm³/mol. The number of rotatable bonds is 8. The monoisotopic (exact) mass is 723 g/mol. The molecular weight excluding hydrogens is 675 g/mol. The van der Waals surface area contributed by atoms with E-state index in [1.165, 1.54) is 72.3 Å². The van der Waals surface area contributed by atoms with Crippen LogP contribution in [0.1, 0.15) is 51.3 Å². The second-order valence-corrected chi connectivity index (χ2v) is 16.5. The molecule has 0 atom stereocenters. The van der Waals surface area contributed by atoms with Crippen LogP contribution in [0.2, 0.25) is 0 Å². The van der Waals surface area contributed by atoms with Crippen LogP contribution >= 0.6 is 0 Å². The quantitative estimate of drug-likeness (QED) is 0.109. The number of hydrogen-bond donors (Lipinski definition) is 0. The van der Waals surface area contributed by atoms with Gasteiger partial charge in [-0.25, -0.2) is 0 Å². The number of benzene rings is 7. The van der Waals surface area contributed by atoms with Gasteiger partial charge in [0.1, 0.15) is 5.69 Å². The summed E-state index contributed by atoms with van der Waals surface area (Å²) >= 11 is 0. The molecular formula is C55H49N. The Morgan fingerprint density at radius 2 is 0.679 bits per heavy atom. The van der Waals surface area contributed by atoms with E-state index < -0.39 is 0 Å². The van der Waals surface area contributed by atoms with Gasteiger partial charge in [0.15, 0.2) is 0 Å². The summed E-state index contributed by atoms with van der Waals surface area (Å²) in [4.78, 5) is 0. The van der Waals surface area contributed by atoms with Crippen LogP contribution in [0.3, 0.4) is 0 Å². The van der Waals surface area contributed by atoms with Crippen LogP contribution in [0.5, 0.6) is 0 Å². The zero-order chi connectivity index (χ0) is 38.9. The lowest BCUT2D eigenvalue weighted by Crippen LogP contribution is -2.29. The molecule has 274 valence electrons. The Labute approximate surface area is 333 Å². The average Bonchev–Trinajstić information content (AvgIpc) is 3.24. The first kappa shape index (κ1) is 36.5. The van der Waals surface area contributed by atoms with Crippen LogP contribution in [0, 0.1) is 7.05 Å². The molecule has 0 spiro atoms. The summed E-state index contributed by atoms with van der Waals surface area (Å²) in [5.74, 6) is 0. The smallest absolute Gasteiger partial charge is 0.112 e. The second-order valence-electron chi connectivity index (χ2n) is 16.5. The minimum Gasteiger partial charge on any atom is -0.333 e. The molecule has 1 nitrogen and oxygen atoms in total. The largest absolute Gasteiger partial charge is 0.333 e. The lowest BCUT2D eigenvalue weighted by molar-refractivity contribution is -0.600. The molecule has 0 fully saturated rings. The Morgan fingerprint density at radius 1 is 0.321 bits per heavy atom. The fourth-order valence-electron chi connectivity index (χ4n) is 7.69. The number of nitrogens with zero attached hydrogens (tertiary/aromatic N) is 1. The summed E-state index contributed by atoms with van der Waals surface area (Å²) in [6, 6.07) is 68.6. The SMILES string of the molecule is [CH2-][n+]1ccc(C(C)(C)C)cc1-c1cccc(-c2ccc(-c3cccc(-c4cccc(-c5cccc(-c6ccc(C(C)(C)c7ccccc7)cc6)c5)c4)c3)cc2)c1. The lowest BCUT2D eigenvalue weighted by atomic mass is 9.78. The fraction of sp³-hybridized carbons (Fsp3) is 0.127. The standard InChI is InChI=1S/C55H49N/c1-54(2,3)52-32-33-56(6)53(38-52)49-21-13-16-44(37-49)40-26-24-39(25-27-40)42-14-10-17-45(34-42)47-19-12-20-48(36-47)46-18-11-15-43(35-46)41-28-30-51(31-29-41)55(4,5)50-22-8-7-9-23-50/h7-38H,6H2,1-5H3. The first-order valence-electron chi connectivity index (χ1n) is 19.6. The van der Waals surface area contributed by atoms with Gasteiger partial charge in [-0.2, -0.15) is 0 Å². The number of hydrogen-bond acceptors (Lipinski definition) is 0. The summed E-state index contributed by atoms with van der Waals surface area (Å²) in [6.45, 7) is 11.3. The summed E-state index contributed by atoms with van der Waals surface area (Å²) < 4.78 is 1.96. The van der Waals surface area contributed by atoms with Crippen LogP contribution in [-0.4, -0.2) is 0 Å². The average molecular weight is 724 g/mol. The minimum absolute atomic E-state index is 0.0631. The maximum absolute atomic E-state index is 4.26. The van der Waals surface area contributed by atoms with E-state index >= 15 is 0 Å². The van der Waals surface area contributed by atoms with E-state index in [1.807, 2.05) is 4.57 Å². The topological polar surface area (TPSA) is 3.88 Å². The van der Waals surface area contributed by atoms with E-state index in [-0.39, 0.29) is 10.8 Å². The normalized spacial score (nSPS) is 11.7. The molecule has 0 amide bonds. The molecule has 7 aromatic carbocycles. The molecule has 1 aromatic heterocycles. The van der Waals surface area contributed by atoms with Crippen molar-refractivity contribution < 1.29 is 4.57 Å². The molecule has 1 heterocycles. The highest BCUT2D eigenvalue weighted by Gasteiger charge is 2.23. The molecule has 0 aliphatic rings. The van der Waals surface area contributed by atoms with Crippen molar-refractivity contribution in [2.75, 3.05) is 0 Å². The fourth-order valence-corrected chi connectivity index (χ4v) is 7.69. The first-order chi connectivity index (χ1) is 27.0. The van der Waals surface area contributed by atoms with Crippen molar-refractivity contribution in [3.05, 3.63) is 218 Å². The van der Waals surface area contributed by atoms with Gasteiger partial charge in [0.2, 0.25) is 0 Å². The molecule has 0 aliphatic carbocycles. The first-order valence-corrected chi connectivity index (χ1v) is 19.6. The van der Waals surface area contributed by atoms with Gasteiger partial charge in [0.05, 0.1) is 6.20 Å².